The highest BCUT2D eigenvalue weighted by Gasteiger charge is 2.46. The van der Waals surface area contributed by atoms with Crippen molar-refractivity contribution in [3.8, 4) is 11.5 Å². The van der Waals surface area contributed by atoms with Gasteiger partial charge in [-0.1, -0.05) is 13.0 Å². The second kappa shape index (κ2) is 10.1. The Balaban J connectivity index is 0.000000479. The zero-order chi connectivity index (χ0) is 25.0. The molecule has 1 amide bonds. The number of alkyl halides is 5. The molecule has 1 aromatic carbocycles. The fourth-order valence-corrected chi connectivity index (χ4v) is 4.36. The minimum atomic E-state index is -5.08. The van der Waals surface area contributed by atoms with Gasteiger partial charge in [-0.15, -0.1) is 8.78 Å². The average Bonchev–Trinajstić information content (AvgIpc) is 3.01. The van der Waals surface area contributed by atoms with Crippen molar-refractivity contribution in [2.45, 2.75) is 43.6 Å². The first-order valence-electron chi connectivity index (χ1n) is 9.57. The highest BCUT2D eigenvalue weighted by atomic mass is 32.2. The van der Waals surface area contributed by atoms with E-state index in [0.29, 0.717) is 0 Å². The van der Waals surface area contributed by atoms with Gasteiger partial charge in [0.25, 0.3) is 10.0 Å². The molecule has 2 aliphatic rings. The Kier molecular flexibility index (Phi) is 8.11. The number of sulfonamides is 1. The molecule has 33 heavy (non-hydrogen) atoms. The lowest BCUT2D eigenvalue weighted by Gasteiger charge is -2.27. The highest BCUT2D eigenvalue weighted by molar-refractivity contribution is 7.90. The Bertz CT molecular complexity index is 979. The van der Waals surface area contributed by atoms with E-state index in [1.54, 1.807) is 0 Å². The third-order valence-corrected chi connectivity index (χ3v) is 6.22. The van der Waals surface area contributed by atoms with Crippen LogP contribution in [-0.2, 0) is 19.6 Å². The van der Waals surface area contributed by atoms with Crippen molar-refractivity contribution < 1.29 is 54.5 Å². The smallest absolute Gasteiger partial charge is 0.475 e. The van der Waals surface area contributed by atoms with Gasteiger partial charge in [0.2, 0.25) is 5.91 Å². The summed E-state index contributed by atoms with van der Waals surface area (Å²) in [6.45, 7) is 3.62. The third-order valence-electron chi connectivity index (χ3n) is 4.82. The first-order chi connectivity index (χ1) is 15.1. The van der Waals surface area contributed by atoms with E-state index in [4.69, 9.17) is 9.90 Å². The fourth-order valence-electron chi connectivity index (χ4n) is 3.23. The topological polar surface area (TPSA) is 131 Å². The van der Waals surface area contributed by atoms with Crippen molar-refractivity contribution in [3.05, 3.63) is 18.2 Å². The molecule has 0 saturated carbocycles. The van der Waals surface area contributed by atoms with Crippen LogP contribution in [0.3, 0.4) is 0 Å². The summed E-state index contributed by atoms with van der Waals surface area (Å²) in [7, 11) is -4.36. The third kappa shape index (κ3) is 7.42. The van der Waals surface area contributed by atoms with Gasteiger partial charge >= 0.3 is 18.4 Å². The average molecular weight is 504 g/mol. The Morgan fingerprint density at radius 3 is 2.48 bits per heavy atom. The SMILES string of the molecule is CC(CC(=O)NS(=O)(=O)c1cccc2c1OC(F)(F)O2)C1CCCNC1.O=C(O)C(F)(F)F. The summed E-state index contributed by atoms with van der Waals surface area (Å²) in [6.07, 6.45) is -7.02. The number of carboxylic acid groups (broad SMARTS) is 1. The number of carboxylic acids is 1. The van der Waals surface area contributed by atoms with Crippen molar-refractivity contribution in [1.29, 1.82) is 0 Å². The van der Waals surface area contributed by atoms with Gasteiger partial charge < -0.3 is 19.9 Å². The van der Waals surface area contributed by atoms with Gasteiger partial charge in [-0.25, -0.2) is 17.9 Å². The number of carbonyl (C=O) groups excluding carboxylic acids is 1. The highest BCUT2D eigenvalue weighted by Crippen LogP contribution is 2.44. The van der Waals surface area contributed by atoms with E-state index in [2.05, 4.69) is 14.8 Å². The van der Waals surface area contributed by atoms with Gasteiger partial charge in [0, 0.05) is 6.42 Å². The number of nitrogens with one attached hydrogen (secondary N) is 2. The van der Waals surface area contributed by atoms with Crippen molar-refractivity contribution in [1.82, 2.24) is 10.0 Å². The van der Waals surface area contributed by atoms with Crippen LogP contribution in [0.2, 0.25) is 0 Å². The summed E-state index contributed by atoms with van der Waals surface area (Å²) >= 11 is 0. The largest absolute Gasteiger partial charge is 0.586 e. The van der Waals surface area contributed by atoms with Crippen molar-refractivity contribution >= 4 is 21.9 Å². The molecule has 0 aromatic heterocycles. The van der Waals surface area contributed by atoms with Crippen molar-refractivity contribution in [2.24, 2.45) is 11.8 Å². The maximum Gasteiger partial charge on any atom is 0.586 e. The number of fused-ring (bicyclic) bond motifs is 1. The predicted octanol–water partition coefficient (Wildman–Crippen LogP) is 2.47. The van der Waals surface area contributed by atoms with Crippen LogP contribution in [0.4, 0.5) is 22.0 Å². The summed E-state index contributed by atoms with van der Waals surface area (Å²) in [6, 6.07) is 3.47. The number of carbonyl (C=O) groups is 2. The van der Waals surface area contributed by atoms with Crippen LogP contribution in [0.1, 0.15) is 26.2 Å². The number of benzene rings is 1. The van der Waals surface area contributed by atoms with E-state index in [-0.39, 0.29) is 18.3 Å². The molecule has 1 fully saturated rings. The molecule has 1 saturated heterocycles. The number of hydrogen-bond acceptors (Lipinski definition) is 7. The number of hydrogen-bond donors (Lipinski definition) is 3. The minimum absolute atomic E-state index is 0.0107. The van der Waals surface area contributed by atoms with Gasteiger partial charge in [0.05, 0.1) is 0 Å². The molecule has 1 aromatic rings. The molecule has 9 nitrogen and oxygen atoms in total. The summed E-state index contributed by atoms with van der Waals surface area (Å²) in [5.41, 5.74) is 0. The lowest BCUT2D eigenvalue weighted by molar-refractivity contribution is -0.287. The molecule has 3 rings (SSSR count). The normalized spacial score (nSPS) is 20.2. The van der Waals surface area contributed by atoms with E-state index in [0.717, 1.165) is 38.1 Å². The van der Waals surface area contributed by atoms with E-state index in [9.17, 15) is 35.2 Å². The zero-order valence-corrected chi connectivity index (χ0v) is 17.9. The van der Waals surface area contributed by atoms with Crippen LogP contribution < -0.4 is 19.5 Å². The van der Waals surface area contributed by atoms with Crippen LogP contribution in [0.25, 0.3) is 0 Å². The van der Waals surface area contributed by atoms with E-state index >= 15 is 0 Å². The van der Waals surface area contributed by atoms with E-state index in [1.165, 1.54) is 6.07 Å². The fraction of sp³-hybridized carbons (Fsp3) is 0.556. The summed E-state index contributed by atoms with van der Waals surface area (Å²) in [5.74, 6) is -4.18. The molecule has 3 N–H and O–H groups in total. The number of piperidine rings is 1. The van der Waals surface area contributed by atoms with E-state index in [1.807, 2.05) is 11.6 Å². The molecule has 0 radical (unpaired) electrons. The molecule has 0 bridgehead atoms. The maximum atomic E-state index is 13.2. The number of aliphatic carboxylic acids is 1. The molecular formula is C18H21F5N2O7S. The van der Waals surface area contributed by atoms with Crippen molar-refractivity contribution in [2.75, 3.05) is 13.1 Å². The molecule has 2 heterocycles. The van der Waals surface area contributed by atoms with Crippen LogP contribution >= 0.6 is 0 Å². The monoisotopic (exact) mass is 504 g/mol. The summed E-state index contributed by atoms with van der Waals surface area (Å²) < 4.78 is 93.5. The predicted molar refractivity (Wildman–Crippen MR) is 101 cm³/mol. The minimum Gasteiger partial charge on any atom is -0.475 e. The van der Waals surface area contributed by atoms with Gasteiger partial charge in [-0.3, -0.25) is 4.79 Å². The lowest BCUT2D eigenvalue weighted by Crippen LogP contribution is -2.37. The van der Waals surface area contributed by atoms with Gasteiger partial charge in [-0.2, -0.15) is 13.2 Å². The number of rotatable bonds is 5. The number of para-hydroxylation sites is 1. The molecule has 2 unspecified atom stereocenters. The molecule has 2 aliphatic heterocycles. The molecule has 186 valence electrons. The molecular weight excluding hydrogens is 483 g/mol. The summed E-state index contributed by atoms with van der Waals surface area (Å²) in [5, 5.41) is 10.4. The molecule has 0 aliphatic carbocycles. The van der Waals surface area contributed by atoms with Crippen LogP contribution in [0, 0.1) is 11.8 Å². The summed E-state index contributed by atoms with van der Waals surface area (Å²) in [4.78, 5) is 20.5. The Morgan fingerprint density at radius 2 is 1.94 bits per heavy atom. The lowest BCUT2D eigenvalue weighted by atomic mass is 9.85. The van der Waals surface area contributed by atoms with Gasteiger partial charge in [0.1, 0.15) is 4.90 Å². The Labute approximate surface area is 185 Å². The number of halogens is 5. The van der Waals surface area contributed by atoms with Crippen LogP contribution in [0.5, 0.6) is 11.5 Å². The Morgan fingerprint density at radius 1 is 1.30 bits per heavy atom. The number of amides is 1. The first kappa shape index (κ1) is 26.6. The molecule has 15 heteroatoms. The maximum absolute atomic E-state index is 13.2. The second-order valence-corrected chi connectivity index (χ2v) is 9.02. The molecule has 2 atom stereocenters. The Hall–Kier alpha value is -2.68. The second-order valence-electron chi connectivity index (χ2n) is 7.37. The van der Waals surface area contributed by atoms with Crippen LogP contribution in [-0.4, -0.2) is 51.0 Å². The zero-order valence-electron chi connectivity index (χ0n) is 17.1. The van der Waals surface area contributed by atoms with E-state index < -0.39 is 50.8 Å². The molecule has 0 spiro atoms. The standard InChI is InChI=1S/C16H20F2N2O5S.C2HF3O2/c1-10(11-4-3-7-19-9-11)8-14(21)20-26(22,23)13-6-2-5-12-15(13)25-16(17,18)24-12;3-2(4,5)1(6)7/h2,5-6,10-11,19H,3-4,7-9H2,1H3,(H,20,21);(H,6,7). The number of ether oxygens (including phenoxy) is 2. The quantitative estimate of drug-likeness (QED) is 0.522. The van der Waals surface area contributed by atoms with Crippen LogP contribution in [0.15, 0.2) is 23.1 Å². The van der Waals surface area contributed by atoms with Gasteiger partial charge in [-0.05, 0) is 49.9 Å². The van der Waals surface area contributed by atoms with Gasteiger partial charge in [0.15, 0.2) is 11.5 Å². The van der Waals surface area contributed by atoms with Crippen molar-refractivity contribution in [3.63, 3.8) is 0 Å². The first-order valence-corrected chi connectivity index (χ1v) is 11.1.